The summed E-state index contributed by atoms with van der Waals surface area (Å²) in [7, 11) is 0. The molecule has 2 aromatic carbocycles. The third-order valence-corrected chi connectivity index (χ3v) is 5.98. The van der Waals surface area contributed by atoms with Gasteiger partial charge in [0.05, 0.1) is 0 Å². The fourth-order valence-corrected chi connectivity index (χ4v) is 4.45. The van der Waals surface area contributed by atoms with Crippen molar-refractivity contribution in [3.63, 3.8) is 0 Å². The van der Waals surface area contributed by atoms with Crippen molar-refractivity contribution < 1.29 is 32.6 Å². The summed E-state index contributed by atoms with van der Waals surface area (Å²) in [6.07, 6.45) is -2.53. The van der Waals surface area contributed by atoms with Gasteiger partial charge in [0.15, 0.2) is 6.29 Å². The Bertz CT molecular complexity index is 984. The number of hydrogen-bond acceptors (Lipinski definition) is 3. The summed E-state index contributed by atoms with van der Waals surface area (Å²) in [5.41, 5.74) is 0.670. The second-order valence-electron chi connectivity index (χ2n) is 7.58. The van der Waals surface area contributed by atoms with Crippen LogP contribution in [0.1, 0.15) is 30.4 Å². The maximum atomic E-state index is 12.5. The third kappa shape index (κ3) is 3.32. The smallest absolute Gasteiger partial charge is 0.465 e. The fourth-order valence-electron chi connectivity index (χ4n) is 4.45. The molecular formula is C21H18F3NO4. The number of alkyl halides is 3. The standard InChI is InChI=1S/C21H18F3NO4/c22-21(23,24)29-16-3-1-2-14(10-16)15-5-4-13-6-7-19(8-9-19)20(12-26,17(13)11-15)25-18(27)28/h1-5,10-12,25H,6-9H2,(H,27,28)/t20-/m1/s1. The minimum atomic E-state index is -4.80. The molecule has 2 N–H and O–H groups in total. The van der Waals surface area contributed by atoms with E-state index in [-0.39, 0.29) is 5.75 Å². The van der Waals surface area contributed by atoms with Crippen LogP contribution in [0, 0.1) is 5.41 Å². The first-order valence-electron chi connectivity index (χ1n) is 9.15. The average Bonchev–Trinajstić information content (AvgIpc) is 3.43. The van der Waals surface area contributed by atoms with Crippen molar-refractivity contribution in [2.45, 2.75) is 37.6 Å². The predicted octanol–water partition coefficient (Wildman–Crippen LogP) is 4.64. The molecule has 152 valence electrons. The van der Waals surface area contributed by atoms with Gasteiger partial charge in [-0.25, -0.2) is 4.79 Å². The summed E-state index contributed by atoms with van der Waals surface area (Å²) >= 11 is 0. The van der Waals surface area contributed by atoms with E-state index >= 15 is 0 Å². The zero-order valence-corrected chi connectivity index (χ0v) is 15.3. The molecule has 1 amide bonds. The molecular weight excluding hydrogens is 387 g/mol. The molecule has 1 fully saturated rings. The van der Waals surface area contributed by atoms with Gasteiger partial charge in [-0.05, 0) is 66.1 Å². The van der Waals surface area contributed by atoms with Gasteiger partial charge >= 0.3 is 12.5 Å². The van der Waals surface area contributed by atoms with E-state index < -0.39 is 23.4 Å². The summed E-state index contributed by atoms with van der Waals surface area (Å²) < 4.78 is 41.6. The molecule has 0 bridgehead atoms. The zero-order chi connectivity index (χ0) is 20.9. The molecule has 0 heterocycles. The van der Waals surface area contributed by atoms with E-state index in [1.54, 1.807) is 24.3 Å². The summed E-state index contributed by atoms with van der Waals surface area (Å²) in [4.78, 5) is 23.7. The highest BCUT2D eigenvalue weighted by molar-refractivity contribution is 5.81. The van der Waals surface area contributed by atoms with Crippen LogP contribution in [-0.2, 0) is 16.8 Å². The predicted molar refractivity (Wildman–Crippen MR) is 97.5 cm³/mol. The Hall–Kier alpha value is -3.03. The number of amides is 1. The summed E-state index contributed by atoms with van der Waals surface area (Å²) in [5, 5.41) is 11.8. The highest BCUT2D eigenvalue weighted by Gasteiger charge is 2.63. The van der Waals surface area contributed by atoms with Gasteiger partial charge in [-0.1, -0.05) is 24.3 Å². The van der Waals surface area contributed by atoms with Gasteiger partial charge in [-0.15, -0.1) is 13.2 Å². The molecule has 1 saturated carbocycles. The Morgan fingerprint density at radius 2 is 1.83 bits per heavy atom. The Labute approximate surface area is 164 Å². The summed E-state index contributed by atoms with van der Waals surface area (Å²) in [6, 6.07) is 10.8. The Balaban J connectivity index is 1.80. The number of carboxylic acid groups (broad SMARTS) is 1. The lowest BCUT2D eigenvalue weighted by Gasteiger charge is -2.42. The second-order valence-corrected chi connectivity index (χ2v) is 7.58. The molecule has 2 aliphatic rings. The number of rotatable bonds is 4. The number of carbonyl (C=O) groups is 2. The lowest BCUT2D eigenvalue weighted by molar-refractivity contribution is -0.274. The van der Waals surface area contributed by atoms with Gasteiger partial charge in [-0.2, -0.15) is 0 Å². The lowest BCUT2D eigenvalue weighted by Crippen LogP contribution is -2.55. The van der Waals surface area contributed by atoms with Gasteiger partial charge in [0.2, 0.25) is 0 Å². The van der Waals surface area contributed by atoms with Crippen molar-refractivity contribution in [2.24, 2.45) is 5.41 Å². The van der Waals surface area contributed by atoms with Crippen LogP contribution < -0.4 is 10.1 Å². The number of fused-ring (bicyclic) bond motifs is 1. The number of aldehydes is 1. The highest BCUT2D eigenvalue weighted by atomic mass is 19.4. The molecule has 29 heavy (non-hydrogen) atoms. The van der Waals surface area contributed by atoms with Crippen molar-refractivity contribution in [3.05, 3.63) is 53.6 Å². The van der Waals surface area contributed by atoms with E-state index in [1.165, 1.54) is 18.2 Å². The number of benzene rings is 2. The van der Waals surface area contributed by atoms with E-state index in [2.05, 4.69) is 10.1 Å². The monoisotopic (exact) mass is 405 g/mol. The van der Waals surface area contributed by atoms with Crippen molar-refractivity contribution in [3.8, 4) is 16.9 Å². The molecule has 4 rings (SSSR count). The van der Waals surface area contributed by atoms with Crippen molar-refractivity contribution >= 4 is 12.4 Å². The Kier molecular flexibility index (Phi) is 4.33. The molecule has 0 aliphatic heterocycles. The van der Waals surface area contributed by atoms with Crippen LogP contribution >= 0.6 is 0 Å². The maximum absolute atomic E-state index is 12.5. The molecule has 0 unspecified atom stereocenters. The molecule has 0 radical (unpaired) electrons. The van der Waals surface area contributed by atoms with E-state index in [4.69, 9.17) is 0 Å². The number of halogens is 3. The van der Waals surface area contributed by atoms with Gasteiger partial charge < -0.3 is 20.0 Å². The van der Waals surface area contributed by atoms with Crippen LogP contribution in [0.2, 0.25) is 0 Å². The number of hydrogen-bond donors (Lipinski definition) is 2. The van der Waals surface area contributed by atoms with E-state index in [0.717, 1.165) is 18.4 Å². The highest BCUT2D eigenvalue weighted by Crippen LogP contribution is 2.63. The maximum Gasteiger partial charge on any atom is 0.573 e. The van der Waals surface area contributed by atoms with Crippen molar-refractivity contribution in [1.82, 2.24) is 5.32 Å². The van der Waals surface area contributed by atoms with Crippen LogP contribution in [-0.4, -0.2) is 23.8 Å². The fraction of sp³-hybridized carbons (Fsp3) is 0.333. The molecule has 0 aromatic heterocycles. The van der Waals surface area contributed by atoms with Gasteiger partial charge in [0, 0.05) is 5.41 Å². The number of ether oxygens (including phenoxy) is 1. The molecule has 1 atom stereocenters. The summed E-state index contributed by atoms with van der Waals surface area (Å²) in [6.45, 7) is 0. The second kappa shape index (κ2) is 6.50. The molecule has 0 saturated heterocycles. The van der Waals surface area contributed by atoms with E-state index in [0.29, 0.717) is 35.8 Å². The zero-order valence-electron chi connectivity index (χ0n) is 15.3. The normalized spacial score (nSPS) is 21.9. The summed E-state index contributed by atoms with van der Waals surface area (Å²) in [5.74, 6) is -0.350. The molecule has 2 aromatic rings. The van der Waals surface area contributed by atoms with E-state index in [9.17, 15) is 27.9 Å². The molecule has 1 spiro atoms. The average molecular weight is 405 g/mol. The number of carbonyl (C=O) groups excluding carboxylic acids is 1. The Morgan fingerprint density at radius 3 is 2.45 bits per heavy atom. The van der Waals surface area contributed by atoms with Crippen LogP contribution in [0.25, 0.3) is 11.1 Å². The Morgan fingerprint density at radius 1 is 1.10 bits per heavy atom. The van der Waals surface area contributed by atoms with Gasteiger partial charge in [0.25, 0.3) is 0 Å². The topological polar surface area (TPSA) is 75.6 Å². The van der Waals surface area contributed by atoms with Crippen LogP contribution in [0.15, 0.2) is 42.5 Å². The molecule has 5 nitrogen and oxygen atoms in total. The third-order valence-electron chi connectivity index (χ3n) is 5.98. The minimum absolute atomic E-state index is 0.350. The van der Waals surface area contributed by atoms with Crippen molar-refractivity contribution in [2.75, 3.05) is 0 Å². The first-order valence-corrected chi connectivity index (χ1v) is 9.15. The molecule has 2 aliphatic carbocycles. The number of aryl methyl sites for hydroxylation is 1. The minimum Gasteiger partial charge on any atom is -0.465 e. The number of nitrogens with one attached hydrogen (secondary N) is 1. The van der Waals surface area contributed by atoms with E-state index in [1.807, 2.05) is 0 Å². The molecule has 8 heteroatoms. The van der Waals surface area contributed by atoms with Crippen LogP contribution in [0.5, 0.6) is 5.75 Å². The van der Waals surface area contributed by atoms with Crippen molar-refractivity contribution in [1.29, 1.82) is 0 Å². The van der Waals surface area contributed by atoms with Gasteiger partial charge in [-0.3, -0.25) is 0 Å². The van der Waals surface area contributed by atoms with Crippen LogP contribution in [0.4, 0.5) is 18.0 Å². The largest absolute Gasteiger partial charge is 0.573 e. The first-order chi connectivity index (χ1) is 13.7. The first kappa shape index (κ1) is 19.3. The quantitative estimate of drug-likeness (QED) is 0.727. The SMILES string of the molecule is O=C[C@@]1(NC(=O)O)c2cc(-c3cccc(OC(F)(F)F)c3)ccc2CCC12CC2. The van der Waals surface area contributed by atoms with Crippen LogP contribution in [0.3, 0.4) is 0 Å². The van der Waals surface area contributed by atoms with Gasteiger partial charge in [0.1, 0.15) is 11.3 Å². The lowest BCUT2D eigenvalue weighted by atomic mass is 9.66.